The van der Waals surface area contributed by atoms with Gasteiger partial charge in [-0.2, -0.15) is 0 Å². The molecule has 1 aliphatic heterocycles. The number of nitrogens with zero attached hydrogens (tertiary/aromatic N) is 3. The van der Waals surface area contributed by atoms with Gasteiger partial charge in [0.15, 0.2) is 5.96 Å². The standard InChI is InChI=1S/C15H25N5/c16-15(19-12-5-1-2-6-12)17-9-8-13-11-20-10-4-3-7-14(20)18-13/h11-12H,1-10H2,(H3,16,17,19). The van der Waals surface area contributed by atoms with Crippen LogP contribution in [-0.2, 0) is 19.4 Å². The number of hydrogen-bond donors (Lipinski definition) is 2. The van der Waals surface area contributed by atoms with Crippen molar-refractivity contribution in [1.29, 1.82) is 0 Å². The van der Waals surface area contributed by atoms with Crippen molar-refractivity contribution in [3.8, 4) is 0 Å². The van der Waals surface area contributed by atoms with Crippen molar-refractivity contribution in [3.63, 3.8) is 0 Å². The van der Waals surface area contributed by atoms with E-state index in [9.17, 15) is 0 Å². The molecule has 1 saturated carbocycles. The first-order valence-electron chi connectivity index (χ1n) is 7.92. The number of imidazole rings is 1. The molecule has 3 rings (SSSR count). The van der Waals surface area contributed by atoms with E-state index in [-0.39, 0.29) is 0 Å². The highest BCUT2D eigenvalue weighted by Gasteiger charge is 2.15. The molecule has 1 aromatic rings. The number of rotatable bonds is 4. The monoisotopic (exact) mass is 275 g/mol. The van der Waals surface area contributed by atoms with Crippen LogP contribution in [0.25, 0.3) is 0 Å². The Balaban J connectivity index is 1.47. The van der Waals surface area contributed by atoms with Gasteiger partial charge in [-0.25, -0.2) is 4.98 Å². The second-order valence-corrected chi connectivity index (χ2v) is 5.94. The topological polar surface area (TPSA) is 68.2 Å². The Labute approximate surface area is 120 Å². The summed E-state index contributed by atoms with van der Waals surface area (Å²) in [4.78, 5) is 9.11. The Kier molecular flexibility index (Phi) is 4.23. The number of guanidine groups is 1. The van der Waals surface area contributed by atoms with E-state index in [2.05, 4.69) is 26.1 Å². The minimum absolute atomic E-state index is 0.540. The van der Waals surface area contributed by atoms with E-state index in [0.717, 1.165) is 31.6 Å². The summed E-state index contributed by atoms with van der Waals surface area (Å²) in [6.07, 6.45) is 11.8. The highest BCUT2D eigenvalue weighted by molar-refractivity contribution is 5.78. The van der Waals surface area contributed by atoms with Crippen molar-refractivity contribution in [1.82, 2.24) is 14.9 Å². The van der Waals surface area contributed by atoms with Crippen LogP contribution in [0.5, 0.6) is 0 Å². The maximum atomic E-state index is 5.93. The van der Waals surface area contributed by atoms with Crippen LogP contribution in [0.3, 0.4) is 0 Å². The van der Waals surface area contributed by atoms with Gasteiger partial charge in [0.2, 0.25) is 0 Å². The van der Waals surface area contributed by atoms with E-state index in [1.807, 2.05) is 0 Å². The quantitative estimate of drug-likeness (QED) is 0.648. The highest BCUT2D eigenvalue weighted by atomic mass is 15.1. The first-order chi connectivity index (χ1) is 9.81. The van der Waals surface area contributed by atoms with Crippen LogP contribution in [0, 0.1) is 0 Å². The normalized spacial score (nSPS) is 20.1. The maximum Gasteiger partial charge on any atom is 0.188 e. The fourth-order valence-electron chi connectivity index (χ4n) is 3.21. The van der Waals surface area contributed by atoms with Gasteiger partial charge in [-0.15, -0.1) is 0 Å². The summed E-state index contributed by atoms with van der Waals surface area (Å²) in [5.41, 5.74) is 7.08. The lowest BCUT2D eigenvalue weighted by Gasteiger charge is -2.12. The molecule has 1 aliphatic carbocycles. The van der Waals surface area contributed by atoms with Crippen LogP contribution in [0.15, 0.2) is 11.2 Å². The van der Waals surface area contributed by atoms with Crippen LogP contribution < -0.4 is 11.1 Å². The Morgan fingerprint density at radius 2 is 2.20 bits per heavy atom. The zero-order valence-corrected chi connectivity index (χ0v) is 12.1. The molecule has 1 aromatic heterocycles. The molecule has 110 valence electrons. The number of aryl methyl sites for hydroxylation is 2. The third-order valence-electron chi connectivity index (χ3n) is 4.32. The Morgan fingerprint density at radius 1 is 1.35 bits per heavy atom. The lowest BCUT2D eigenvalue weighted by Crippen LogP contribution is -2.38. The largest absolute Gasteiger partial charge is 0.370 e. The fraction of sp³-hybridized carbons (Fsp3) is 0.733. The van der Waals surface area contributed by atoms with E-state index in [1.54, 1.807) is 0 Å². The van der Waals surface area contributed by atoms with Gasteiger partial charge in [0, 0.05) is 38.2 Å². The van der Waals surface area contributed by atoms with Crippen molar-refractivity contribution in [3.05, 3.63) is 17.7 Å². The van der Waals surface area contributed by atoms with Crippen LogP contribution in [0.2, 0.25) is 0 Å². The molecule has 0 unspecified atom stereocenters. The summed E-state index contributed by atoms with van der Waals surface area (Å²) in [7, 11) is 0. The van der Waals surface area contributed by atoms with E-state index in [1.165, 1.54) is 44.3 Å². The number of fused-ring (bicyclic) bond motifs is 1. The zero-order chi connectivity index (χ0) is 13.8. The number of aliphatic imine (C=N–C) groups is 1. The van der Waals surface area contributed by atoms with Crippen molar-refractivity contribution < 1.29 is 0 Å². The van der Waals surface area contributed by atoms with Gasteiger partial charge in [0.25, 0.3) is 0 Å². The summed E-state index contributed by atoms with van der Waals surface area (Å²) >= 11 is 0. The van der Waals surface area contributed by atoms with E-state index in [4.69, 9.17) is 5.73 Å². The third kappa shape index (κ3) is 3.32. The second-order valence-electron chi connectivity index (χ2n) is 5.94. The van der Waals surface area contributed by atoms with E-state index < -0.39 is 0 Å². The Morgan fingerprint density at radius 3 is 3.00 bits per heavy atom. The minimum Gasteiger partial charge on any atom is -0.370 e. The molecule has 1 fully saturated rings. The Bertz CT molecular complexity index is 447. The van der Waals surface area contributed by atoms with Gasteiger partial charge >= 0.3 is 0 Å². The van der Waals surface area contributed by atoms with Gasteiger partial charge in [-0.1, -0.05) is 12.8 Å². The average molecular weight is 275 g/mol. The molecule has 3 N–H and O–H groups in total. The molecule has 0 amide bonds. The van der Waals surface area contributed by atoms with Gasteiger partial charge in [0.05, 0.1) is 5.69 Å². The first kappa shape index (κ1) is 13.5. The van der Waals surface area contributed by atoms with Crippen LogP contribution >= 0.6 is 0 Å². The molecule has 0 radical (unpaired) electrons. The molecular formula is C15H25N5. The molecule has 0 spiro atoms. The summed E-state index contributed by atoms with van der Waals surface area (Å²) < 4.78 is 2.29. The van der Waals surface area contributed by atoms with Crippen molar-refractivity contribution in [2.24, 2.45) is 10.7 Å². The first-order valence-corrected chi connectivity index (χ1v) is 7.92. The van der Waals surface area contributed by atoms with Crippen molar-refractivity contribution in [2.45, 2.75) is 64.0 Å². The summed E-state index contributed by atoms with van der Waals surface area (Å²) in [6.45, 7) is 1.85. The molecule has 5 nitrogen and oxygen atoms in total. The van der Waals surface area contributed by atoms with E-state index >= 15 is 0 Å². The molecule has 5 heteroatoms. The highest BCUT2D eigenvalue weighted by Crippen LogP contribution is 2.17. The minimum atomic E-state index is 0.540. The summed E-state index contributed by atoms with van der Waals surface area (Å²) in [6, 6.07) is 0.540. The molecule has 0 bridgehead atoms. The van der Waals surface area contributed by atoms with Crippen LogP contribution in [-0.4, -0.2) is 28.1 Å². The van der Waals surface area contributed by atoms with Gasteiger partial charge < -0.3 is 15.6 Å². The summed E-state index contributed by atoms with van der Waals surface area (Å²) in [5.74, 6) is 1.84. The fourth-order valence-corrected chi connectivity index (χ4v) is 3.21. The van der Waals surface area contributed by atoms with Gasteiger partial charge in [-0.05, 0) is 25.7 Å². The smallest absolute Gasteiger partial charge is 0.188 e. The lowest BCUT2D eigenvalue weighted by atomic mass is 10.2. The lowest BCUT2D eigenvalue weighted by molar-refractivity contribution is 0.522. The van der Waals surface area contributed by atoms with Gasteiger partial charge in [0.1, 0.15) is 5.82 Å². The molecule has 2 aliphatic rings. The molecule has 0 saturated heterocycles. The summed E-state index contributed by atoms with van der Waals surface area (Å²) in [5, 5.41) is 3.32. The third-order valence-corrected chi connectivity index (χ3v) is 4.32. The molecule has 2 heterocycles. The van der Waals surface area contributed by atoms with Crippen LogP contribution in [0.4, 0.5) is 0 Å². The SMILES string of the molecule is NC(=NCCc1cn2c(n1)CCCC2)NC1CCCC1. The number of hydrogen-bond acceptors (Lipinski definition) is 2. The molecular weight excluding hydrogens is 250 g/mol. The Hall–Kier alpha value is -1.52. The predicted octanol–water partition coefficient (Wildman–Crippen LogP) is 1.61. The second kappa shape index (κ2) is 6.29. The van der Waals surface area contributed by atoms with E-state index in [0.29, 0.717) is 12.0 Å². The number of aromatic nitrogens is 2. The number of nitrogens with one attached hydrogen (secondary N) is 1. The van der Waals surface area contributed by atoms with Crippen LogP contribution in [0.1, 0.15) is 50.0 Å². The van der Waals surface area contributed by atoms with Crippen molar-refractivity contribution in [2.75, 3.05) is 6.54 Å². The van der Waals surface area contributed by atoms with Gasteiger partial charge in [-0.3, -0.25) is 4.99 Å². The zero-order valence-electron chi connectivity index (χ0n) is 12.1. The molecule has 0 atom stereocenters. The average Bonchev–Trinajstić information content (AvgIpc) is 3.07. The number of nitrogens with two attached hydrogens (primary N) is 1. The predicted molar refractivity (Wildman–Crippen MR) is 80.8 cm³/mol. The molecule has 0 aromatic carbocycles. The van der Waals surface area contributed by atoms with Crippen molar-refractivity contribution >= 4 is 5.96 Å². The molecule has 20 heavy (non-hydrogen) atoms. The maximum absolute atomic E-state index is 5.93.